The van der Waals surface area contributed by atoms with Gasteiger partial charge in [-0.3, -0.25) is 0 Å². The molecule has 0 radical (unpaired) electrons. The lowest BCUT2D eigenvalue weighted by atomic mass is 10.0. The van der Waals surface area contributed by atoms with Crippen molar-refractivity contribution in [2.75, 3.05) is 19.7 Å². The molecule has 104 valence electrons. The Morgan fingerprint density at radius 2 is 2.00 bits per heavy atom. The van der Waals surface area contributed by atoms with Gasteiger partial charge in [0.15, 0.2) is 0 Å². The van der Waals surface area contributed by atoms with Crippen LogP contribution in [0.25, 0.3) is 0 Å². The standard InChI is InChI=1S/C15H22N2O2/c1-2-19-15(18)17-10-8-14(9-11-17)16-12-13-6-4-3-5-7-13/h3-7,14,16H,2,8-12H2,1H3. The molecule has 1 fully saturated rings. The molecular weight excluding hydrogens is 240 g/mol. The molecule has 1 saturated heterocycles. The molecule has 0 saturated carbocycles. The van der Waals surface area contributed by atoms with Crippen LogP contribution in [0.4, 0.5) is 4.79 Å². The molecule has 0 spiro atoms. The fourth-order valence-electron chi connectivity index (χ4n) is 2.34. The summed E-state index contributed by atoms with van der Waals surface area (Å²) in [7, 11) is 0. The number of likely N-dealkylation sites (tertiary alicyclic amines) is 1. The van der Waals surface area contributed by atoms with Crippen molar-refractivity contribution in [3.8, 4) is 0 Å². The number of amides is 1. The van der Waals surface area contributed by atoms with Crippen LogP contribution in [0.3, 0.4) is 0 Å². The van der Waals surface area contributed by atoms with Gasteiger partial charge in [0.25, 0.3) is 0 Å². The first-order valence-corrected chi connectivity index (χ1v) is 6.98. The molecule has 0 unspecified atom stereocenters. The first kappa shape index (κ1) is 13.9. The smallest absolute Gasteiger partial charge is 0.409 e. The Hall–Kier alpha value is -1.55. The van der Waals surface area contributed by atoms with Gasteiger partial charge < -0.3 is 15.0 Å². The molecule has 4 nitrogen and oxygen atoms in total. The van der Waals surface area contributed by atoms with Gasteiger partial charge in [0.2, 0.25) is 0 Å². The van der Waals surface area contributed by atoms with E-state index in [1.807, 2.05) is 13.0 Å². The van der Waals surface area contributed by atoms with E-state index in [4.69, 9.17) is 4.74 Å². The number of carbonyl (C=O) groups is 1. The highest BCUT2D eigenvalue weighted by Gasteiger charge is 2.22. The molecule has 1 aromatic carbocycles. The van der Waals surface area contributed by atoms with Crippen molar-refractivity contribution in [1.29, 1.82) is 0 Å². The minimum atomic E-state index is -0.177. The van der Waals surface area contributed by atoms with E-state index >= 15 is 0 Å². The third kappa shape index (κ3) is 4.24. The molecule has 0 aromatic heterocycles. The van der Waals surface area contributed by atoms with Crippen LogP contribution >= 0.6 is 0 Å². The van der Waals surface area contributed by atoms with Gasteiger partial charge in [0.05, 0.1) is 6.61 Å². The van der Waals surface area contributed by atoms with Crippen LogP contribution in [0.2, 0.25) is 0 Å². The minimum absolute atomic E-state index is 0.177. The summed E-state index contributed by atoms with van der Waals surface area (Å²) in [5.41, 5.74) is 1.30. The van der Waals surface area contributed by atoms with Crippen LogP contribution in [-0.4, -0.2) is 36.7 Å². The maximum Gasteiger partial charge on any atom is 0.409 e. The number of ether oxygens (including phenoxy) is 1. The van der Waals surface area contributed by atoms with Gasteiger partial charge in [0.1, 0.15) is 0 Å². The fraction of sp³-hybridized carbons (Fsp3) is 0.533. The first-order valence-electron chi connectivity index (χ1n) is 6.98. The number of carbonyl (C=O) groups excluding carboxylic acids is 1. The number of benzene rings is 1. The molecule has 1 aromatic rings. The van der Waals surface area contributed by atoms with Gasteiger partial charge in [-0.05, 0) is 25.3 Å². The second kappa shape index (κ2) is 7.14. The molecule has 19 heavy (non-hydrogen) atoms. The average molecular weight is 262 g/mol. The van der Waals surface area contributed by atoms with Crippen LogP contribution in [-0.2, 0) is 11.3 Å². The topological polar surface area (TPSA) is 41.6 Å². The van der Waals surface area contributed by atoms with Crippen LogP contribution in [0.5, 0.6) is 0 Å². The van der Waals surface area contributed by atoms with Crippen molar-refractivity contribution in [2.24, 2.45) is 0 Å². The Bertz CT molecular complexity index is 386. The average Bonchev–Trinajstić information content (AvgIpc) is 2.47. The number of piperidine rings is 1. The number of hydrogen-bond acceptors (Lipinski definition) is 3. The summed E-state index contributed by atoms with van der Waals surface area (Å²) < 4.78 is 5.01. The van der Waals surface area contributed by atoms with Gasteiger partial charge in [-0.2, -0.15) is 0 Å². The normalized spacial score (nSPS) is 16.4. The molecule has 1 amide bonds. The van der Waals surface area contributed by atoms with Crippen LogP contribution in [0, 0.1) is 0 Å². The van der Waals surface area contributed by atoms with E-state index < -0.39 is 0 Å². The summed E-state index contributed by atoms with van der Waals surface area (Å²) in [5.74, 6) is 0. The molecular formula is C15H22N2O2. The largest absolute Gasteiger partial charge is 0.450 e. The van der Waals surface area contributed by atoms with Crippen LogP contribution in [0.15, 0.2) is 30.3 Å². The third-order valence-electron chi connectivity index (χ3n) is 3.46. The zero-order valence-electron chi connectivity index (χ0n) is 11.5. The zero-order chi connectivity index (χ0) is 13.5. The van der Waals surface area contributed by atoms with Gasteiger partial charge in [0, 0.05) is 25.7 Å². The highest BCUT2D eigenvalue weighted by Crippen LogP contribution is 2.12. The Morgan fingerprint density at radius 3 is 2.63 bits per heavy atom. The Balaban J connectivity index is 1.70. The summed E-state index contributed by atoms with van der Waals surface area (Å²) in [6.45, 7) is 4.75. The molecule has 1 heterocycles. The predicted molar refractivity (Wildman–Crippen MR) is 74.9 cm³/mol. The minimum Gasteiger partial charge on any atom is -0.450 e. The fourth-order valence-corrected chi connectivity index (χ4v) is 2.34. The van der Waals surface area contributed by atoms with Crippen molar-refractivity contribution in [1.82, 2.24) is 10.2 Å². The van der Waals surface area contributed by atoms with E-state index in [1.165, 1.54) is 5.56 Å². The second-order valence-corrected chi connectivity index (χ2v) is 4.83. The van der Waals surface area contributed by atoms with Crippen molar-refractivity contribution >= 4 is 6.09 Å². The zero-order valence-corrected chi connectivity index (χ0v) is 11.5. The number of rotatable bonds is 4. The SMILES string of the molecule is CCOC(=O)N1CCC(NCc2ccccc2)CC1. The lowest BCUT2D eigenvalue weighted by molar-refractivity contribution is 0.0950. The van der Waals surface area contributed by atoms with E-state index in [9.17, 15) is 4.79 Å². The molecule has 0 aliphatic carbocycles. The van der Waals surface area contributed by atoms with Crippen LogP contribution < -0.4 is 5.32 Å². The molecule has 1 N–H and O–H groups in total. The Morgan fingerprint density at radius 1 is 1.32 bits per heavy atom. The summed E-state index contributed by atoms with van der Waals surface area (Å²) in [4.78, 5) is 13.4. The maximum absolute atomic E-state index is 11.6. The number of nitrogens with one attached hydrogen (secondary N) is 1. The molecule has 4 heteroatoms. The lowest BCUT2D eigenvalue weighted by Crippen LogP contribution is -2.44. The third-order valence-corrected chi connectivity index (χ3v) is 3.46. The summed E-state index contributed by atoms with van der Waals surface area (Å²) in [5, 5.41) is 3.55. The van der Waals surface area contributed by atoms with Crippen molar-refractivity contribution < 1.29 is 9.53 Å². The van der Waals surface area contributed by atoms with Crippen molar-refractivity contribution in [3.63, 3.8) is 0 Å². The highest BCUT2D eigenvalue weighted by atomic mass is 16.6. The molecule has 0 atom stereocenters. The first-order chi connectivity index (χ1) is 9.29. The van der Waals surface area contributed by atoms with Gasteiger partial charge in [-0.25, -0.2) is 4.79 Å². The summed E-state index contributed by atoms with van der Waals surface area (Å²) >= 11 is 0. The van der Waals surface area contributed by atoms with Crippen LogP contribution in [0.1, 0.15) is 25.3 Å². The van der Waals surface area contributed by atoms with E-state index in [-0.39, 0.29) is 6.09 Å². The van der Waals surface area contributed by atoms with E-state index in [1.54, 1.807) is 4.90 Å². The summed E-state index contributed by atoms with van der Waals surface area (Å²) in [6, 6.07) is 10.9. The van der Waals surface area contributed by atoms with Gasteiger partial charge in [-0.15, -0.1) is 0 Å². The molecule has 0 bridgehead atoms. The molecule has 1 aliphatic rings. The van der Waals surface area contributed by atoms with Crippen molar-refractivity contribution in [2.45, 2.75) is 32.4 Å². The lowest BCUT2D eigenvalue weighted by Gasteiger charge is -2.31. The van der Waals surface area contributed by atoms with E-state index in [0.29, 0.717) is 12.6 Å². The van der Waals surface area contributed by atoms with Crippen molar-refractivity contribution in [3.05, 3.63) is 35.9 Å². The predicted octanol–water partition coefficient (Wildman–Crippen LogP) is 2.40. The van der Waals surface area contributed by atoms with Gasteiger partial charge >= 0.3 is 6.09 Å². The monoisotopic (exact) mass is 262 g/mol. The Kier molecular flexibility index (Phi) is 5.21. The number of nitrogens with zero attached hydrogens (tertiary/aromatic N) is 1. The second-order valence-electron chi connectivity index (χ2n) is 4.83. The molecule has 1 aliphatic heterocycles. The van der Waals surface area contributed by atoms with E-state index in [2.05, 4.69) is 29.6 Å². The summed E-state index contributed by atoms with van der Waals surface area (Å²) in [6.07, 6.45) is 1.81. The Labute approximate surface area is 114 Å². The quantitative estimate of drug-likeness (QED) is 0.906. The van der Waals surface area contributed by atoms with E-state index in [0.717, 1.165) is 32.5 Å². The maximum atomic E-state index is 11.6. The van der Waals surface area contributed by atoms with Gasteiger partial charge in [-0.1, -0.05) is 30.3 Å². The highest BCUT2D eigenvalue weighted by molar-refractivity contribution is 5.67. The molecule has 2 rings (SSSR count). The number of hydrogen-bond donors (Lipinski definition) is 1.